The van der Waals surface area contributed by atoms with E-state index in [2.05, 4.69) is 10.5 Å². The van der Waals surface area contributed by atoms with Crippen molar-refractivity contribution in [3.63, 3.8) is 0 Å². The van der Waals surface area contributed by atoms with Crippen LogP contribution in [0.4, 0.5) is 0 Å². The van der Waals surface area contributed by atoms with Crippen LogP contribution >= 0.6 is 34.8 Å². The van der Waals surface area contributed by atoms with Crippen LogP contribution in [0.25, 0.3) is 0 Å². The Morgan fingerprint density at radius 2 is 1.91 bits per heavy atom. The third-order valence-corrected chi connectivity index (χ3v) is 3.27. The van der Waals surface area contributed by atoms with Gasteiger partial charge in [0.05, 0.1) is 11.2 Å². The Hall–Kier alpha value is -1.75. The molecule has 0 aliphatic carbocycles. The molecule has 0 saturated heterocycles. The second-order valence-corrected chi connectivity index (χ2v) is 5.49. The average Bonchev–Trinajstić information content (AvgIpc) is 2.46. The van der Waals surface area contributed by atoms with E-state index in [1.807, 2.05) is 6.07 Å². The van der Waals surface area contributed by atoms with Crippen LogP contribution < -0.4 is 10.2 Å². The highest BCUT2D eigenvalue weighted by molar-refractivity contribution is 6.35. The van der Waals surface area contributed by atoms with Crippen LogP contribution in [0.15, 0.2) is 47.6 Å². The standard InChI is InChI=1S/C15H11Cl3N2O2/c16-11-3-1-2-10(6-11)8-19-20-15(21)9-22-14-5-4-12(17)7-13(14)18/h1-8H,9H2,(H,20,21)/b19-8+. The van der Waals surface area contributed by atoms with Crippen LogP contribution in [0.2, 0.25) is 15.1 Å². The van der Waals surface area contributed by atoms with Crippen LogP contribution in [0.5, 0.6) is 5.75 Å². The minimum absolute atomic E-state index is 0.214. The largest absolute Gasteiger partial charge is 0.482 e. The van der Waals surface area contributed by atoms with E-state index in [4.69, 9.17) is 39.5 Å². The number of carbonyl (C=O) groups is 1. The SMILES string of the molecule is O=C(COc1ccc(Cl)cc1Cl)N/N=C/c1cccc(Cl)c1. The van der Waals surface area contributed by atoms with E-state index in [0.717, 1.165) is 5.56 Å². The summed E-state index contributed by atoms with van der Waals surface area (Å²) in [6.07, 6.45) is 1.49. The van der Waals surface area contributed by atoms with Crippen molar-refractivity contribution < 1.29 is 9.53 Å². The molecule has 0 unspecified atom stereocenters. The molecule has 0 aliphatic rings. The number of hydrogen-bond acceptors (Lipinski definition) is 3. The molecule has 2 aromatic rings. The number of ether oxygens (including phenoxy) is 1. The molecular formula is C15H11Cl3N2O2. The number of rotatable bonds is 5. The Bertz CT molecular complexity index is 705. The quantitative estimate of drug-likeness (QED) is 0.645. The smallest absolute Gasteiger partial charge is 0.277 e. The summed E-state index contributed by atoms with van der Waals surface area (Å²) in [5, 5.41) is 5.24. The summed E-state index contributed by atoms with van der Waals surface area (Å²) in [6, 6.07) is 11.8. The van der Waals surface area contributed by atoms with Crippen molar-refractivity contribution in [2.24, 2.45) is 5.10 Å². The van der Waals surface area contributed by atoms with E-state index in [9.17, 15) is 4.79 Å². The van der Waals surface area contributed by atoms with Crippen molar-refractivity contribution in [2.75, 3.05) is 6.61 Å². The van der Waals surface area contributed by atoms with Crippen molar-refractivity contribution in [3.05, 3.63) is 63.1 Å². The Morgan fingerprint density at radius 1 is 1.14 bits per heavy atom. The molecule has 0 aliphatic heterocycles. The minimum Gasteiger partial charge on any atom is -0.482 e. The number of nitrogens with one attached hydrogen (secondary N) is 1. The summed E-state index contributed by atoms with van der Waals surface area (Å²) in [7, 11) is 0. The Morgan fingerprint density at radius 3 is 2.64 bits per heavy atom. The van der Waals surface area contributed by atoms with Gasteiger partial charge in [0.1, 0.15) is 5.75 Å². The van der Waals surface area contributed by atoms with Gasteiger partial charge >= 0.3 is 0 Å². The lowest BCUT2D eigenvalue weighted by molar-refractivity contribution is -0.123. The van der Waals surface area contributed by atoms with Gasteiger partial charge in [0.2, 0.25) is 0 Å². The maximum atomic E-state index is 11.6. The summed E-state index contributed by atoms with van der Waals surface area (Å²) in [6.45, 7) is -0.214. The highest BCUT2D eigenvalue weighted by Crippen LogP contribution is 2.27. The summed E-state index contributed by atoms with van der Waals surface area (Å²) in [5.41, 5.74) is 3.12. The number of hydrazone groups is 1. The Balaban J connectivity index is 1.83. The lowest BCUT2D eigenvalue weighted by atomic mass is 10.2. The third kappa shape index (κ3) is 5.22. The molecular weight excluding hydrogens is 347 g/mol. The van der Waals surface area contributed by atoms with Crippen molar-refractivity contribution in [1.29, 1.82) is 0 Å². The number of amides is 1. The van der Waals surface area contributed by atoms with Gasteiger partial charge in [0, 0.05) is 10.0 Å². The molecule has 2 rings (SSSR count). The molecule has 1 N–H and O–H groups in total. The lowest BCUT2D eigenvalue weighted by Gasteiger charge is -2.06. The van der Waals surface area contributed by atoms with Gasteiger partial charge in [0.15, 0.2) is 6.61 Å². The molecule has 1 amide bonds. The Labute approximate surface area is 142 Å². The van der Waals surface area contributed by atoms with Crippen molar-refractivity contribution >= 4 is 46.9 Å². The van der Waals surface area contributed by atoms with E-state index >= 15 is 0 Å². The topological polar surface area (TPSA) is 50.7 Å². The summed E-state index contributed by atoms with van der Waals surface area (Å²) < 4.78 is 5.28. The van der Waals surface area contributed by atoms with E-state index in [1.54, 1.807) is 30.3 Å². The van der Waals surface area contributed by atoms with Crippen LogP contribution in [0, 0.1) is 0 Å². The zero-order valence-electron chi connectivity index (χ0n) is 11.2. The molecule has 22 heavy (non-hydrogen) atoms. The zero-order chi connectivity index (χ0) is 15.9. The molecule has 2 aromatic carbocycles. The van der Waals surface area contributed by atoms with E-state index in [1.165, 1.54) is 12.3 Å². The zero-order valence-corrected chi connectivity index (χ0v) is 13.5. The predicted octanol–water partition coefficient (Wildman–Crippen LogP) is 4.18. The first-order valence-electron chi connectivity index (χ1n) is 6.20. The highest BCUT2D eigenvalue weighted by atomic mass is 35.5. The maximum absolute atomic E-state index is 11.6. The maximum Gasteiger partial charge on any atom is 0.277 e. The van der Waals surface area contributed by atoms with Gasteiger partial charge in [0.25, 0.3) is 5.91 Å². The number of hydrogen-bond donors (Lipinski definition) is 1. The summed E-state index contributed by atoms with van der Waals surface area (Å²) in [4.78, 5) is 11.6. The van der Waals surface area contributed by atoms with Gasteiger partial charge in [-0.05, 0) is 35.9 Å². The second-order valence-electron chi connectivity index (χ2n) is 4.21. The van der Waals surface area contributed by atoms with Crippen molar-refractivity contribution in [2.45, 2.75) is 0 Å². The summed E-state index contributed by atoms with van der Waals surface area (Å²) in [5.74, 6) is -0.0377. The summed E-state index contributed by atoms with van der Waals surface area (Å²) >= 11 is 17.5. The molecule has 0 heterocycles. The molecule has 0 bridgehead atoms. The highest BCUT2D eigenvalue weighted by Gasteiger charge is 2.05. The molecule has 0 spiro atoms. The first-order valence-corrected chi connectivity index (χ1v) is 7.33. The fraction of sp³-hybridized carbons (Fsp3) is 0.0667. The molecule has 7 heteroatoms. The fourth-order valence-corrected chi connectivity index (χ4v) is 2.20. The van der Waals surface area contributed by atoms with Gasteiger partial charge in [-0.1, -0.05) is 46.9 Å². The molecule has 0 atom stereocenters. The van der Waals surface area contributed by atoms with E-state index in [0.29, 0.717) is 20.8 Å². The van der Waals surface area contributed by atoms with Gasteiger partial charge in [-0.2, -0.15) is 5.10 Å². The number of benzene rings is 2. The molecule has 114 valence electrons. The third-order valence-electron chi connectivity index (χ3n) is 2.50. The lowest BCUT2D eigenvalue weighted by Crippen LogP contribution is -2.24. The van der Waals surface area contributed by atoms with Gasteiger partial charge in [-0.3, -0.25) is 4.79 Å². The fourth-order valence-electron chi connectivity index (χ4n) is 1.53. The van der Waals surface area contributed by atoms with Crippen molar-refractivity contribution in [1.82, 2.24) is 5.43 Å². The molecule has 0 saturated carbocycles. The number of nitrogens with zero attached hydrogens (tertiary/aromatic N) is 1. The van der Waals surface area contributed by atoms with Gasteiger partial charge < -0.3 is 4.74 Å². The first kappa shape index (κ1) is 16.6. The molecule has 0 fully saturated rings. The number of halogens is 3. The van der Waals surface area contributed by atoms with E-state index < -0.39 is 5.91 Å². The average molecular weight is 358 g/mol. The van der Waals surface area contributed by atoms with Gasteiger partial charge in [-0.15, -0.1) is 0 Å². The monoisotopic (exact) mass is 356 g/mol. The van der Waals surface area contributed by atoms with Crippen LogP contribution in [-0.4, -0.2) is 18.7 Å². The Kier molecular flexibility index (Phi) is 6.07. The van der Waals surface area contributed by atoms with Crippen LogP contribution in [-0.2, 0) is 4.79 Å². The predicted molar refractivity (Wildman–Crippen MR) is 89.1 cm³/mol. The molecule has 4 nitrogen and oxygen atoms in total. The normalized spacial score (nSPS) is 10.7. The van der Waals surface area contributed by atoms with Crippen molar-refractivity contribution in [3.8, 4) is 5.75 Å². The van der Waals surface area contributed by atoms with Gasteiger partial charge in [-0.25, -0.2) is 5.43 Å². The van der Waals surface area contributed by atoms with E-state index in [-0.39, 0.29) is 6.61 Å². The van der Waals surface area contributed by atoms with Crippen LogP contribution in [0.3, 0.4) is 0 Å². The second kappa shape index (κ2) is 8.03. The number of carbonyl (C=O) groups excluding carboxylic acids is 1. The molecule has 0 radical (unpaired) electrons. The molecule has 0 aromatic heterocycles. The minimum atomic E-state index is -0.413. The van der Waals surface area contributed by atoms with Crippen LogP contribution in [0.1, 0.15) is 5.56 Å². The first-order chi connectivity index (χ1) is 10.5.